The fourth-order valence-corrected chi connectivity index (χ4v) is 2.73. The lowest BCUT2D eigenvalue weighted by atomic mass is 10.4. The molecule has 0 atom stereocenters. The topological polar surface area (TPSA) is 29.1 Å². The van der Waals surface area contributed by atoms with Crippen LogP contribution in [0.5, 0.6) is 0 Å². The van der Waals surface area contributed by atoms with Gasteiger partial charge in [-0.2, -0.15) is 11.8 Å². The number of carbonyl (C=O) groups is 1. The van der Waals surface area contributed by atoms with Gasteiger partial charge in [-0.25, -0.2) is 0 Å². The van der Waals surface area contributed by atoms with Gasteiger partial charge in [0, 0.05) is 21.5 Å². The minimum Gasteiger partial charge on any atom is -0.351 e. The summed E-state index contributed by atoms with van der Waals surface area (Å²) in [6.45, 7) is 0.630. The van der Waals surface area contributed by atoms with Gasteiger partial charge in [0.2, 0.25) is 5.91 Å². The van der Waals surface area contributed by atoms with Crippen LogP contribution in [0.1, 0.15) is 11.3 Å². The molecule has 0 saturated carbocycles. The van der Waals surface area contributed by atoms with E-state index in [0.717, 1.165) is 10.2 Å². The molecule has 1 N–H and O–H groups in total. The molecular weight excluding hydrogens is 282 g/mol. The predicted molar refractivity (Wildman–Crippen MR) is 66.9 cm³/mol. The van der Waals surface area contributed by atoms with E-state index in [4.69, 9.17) is 0 Å². The summed E-state index contributed by atoms with van der Waals surface area (Å²) >= 11 is 6.76. The molecular formula is C9H12BrNOS2. The summed E-state index contributed by atoms with van der Waals surface area (Å²) in [5, 5.41) is 4.90. The Bertz CT molecular complexity index is 301. The second kappa shape index (κ2) is 6.48. The third-order valence-corrected chi connectivity index (χ3v) is 4.21. The number of amides is 1. The SMILES string of the molecule is CSCCC(=O)NCc1sccc1Br. The van der Waals surface area contributed by atoms with Gasteiger partial charge in [0.25, 0.3) is 0 Å². The molecule has 0 aliphatic carbocycles. The summed E-state index contributed by atoms with van der Waals surface area (Å²) in [4.78, 5) is 12.4. The molecule has 5 heteroatoms. The van der Waals surface area contributed by atoms with Crippen LogP contribution in [0.15, 0.2) is 15.9 Å². The van der Waals surface area contributed by atoms with Gasteiger partial charge in [-0.15, -0.1) is 11.3 Å². The Hall–Kier alpha value is -0.000000000000000111. The second-order valence-corrected chi connectivity index (χ2v) is 5.55. The standard InChI is InChI=1S/C9H12BrNOS2/c1-13-4-3-9(12)11-6-8-7(10)2-5-14-8/h2,5H,3-4,6H2,1H3,(H,11,12). The Morgan fingerprint density at radius 1 is 1.71 bits per heavy atom. The predicted octanol–water partition coefficient (Wildman–Crippen LogP) is 2.88. The zero-order chi connectivity index (χ0) is 10.4. The van der Waals surface area contributed by atoms with Crippen molar-refractivity contribution in [2.75, 3.05) is 12.0 Å². The van der Waals surface area contributed by atoms with E-state index in [2.05, 4.69) is 21.2 Å². The highest BCUT2D eigenvalue weighted by Crippen LogP contribution is 2.22. The fourth-order valence-electron chi connectivity index (χ4n) is 0.913. The van der Waals surface area contributed by atoms with Gasteiger partial charge >= 0.3 is 0 Å². The third kappa shape index (κ3) is 4.02. The number of rotatable bonds is 5. The van der Waals surface area contributed by atoms with Crippen molar-refractivity contribution in [3.63, 3.8) is 0 Å². The zero-order valence-corrected chi connectivity index (χ0v) is 11.1. The monoisotopic (exact) mass is 293 g/mol. The van der Waals surface area contributed by atoms with Crippen molar-refractivity contribution in [1.29, 1.82) is 0 Å². The quantitative estimate of drug-likeness (QED) is 0.904. The molecule has 0 fully saturated rings. The van der Waals surface area contributed by atoms with Crippen LogP contribution in [0.4, 0.5) is 0 Å². The van der Waals surface area contributed by atoms with Crippen LogP contribution in [0.2, 0.25) is 0 Å². The molecule has 0 aliphatic heterocycles. The van der Waals surface area contributed by atoms with Crippen LogP contribution in [0.25, 0.3) is 0 Å². The van der Waals surface area contributed by atoms with Crippen molar-refractivity contribution in [2.45, 2.75) is 13.0 Å². The minimum absolute atomic E-state index is 0.125. The van der Waals surface area contributed by atoms with Gasteiger partial charge in [0.1, 0.15) is 0 Å². The van der Waals surface area contributed by atoms with Crippen molar-refractivity contribution in [3.8, 4) is 0 Å². The molecule has 1 aromatic heterocycles. The molecule has 0 unspecified atom stereocenters. The van der Waals surface area contributed by atoms with Crippen LogP contribution in [0.3, 0.4) is 0 Å². The molecule has 0 radical (unpaired) electrons. The molecule has 0 aliphatic rings. The Morgan fingerprint density at radius 2 is 2.50 bits per heavy atom. The molecule has 78 valence electrons. The number of thioether (sulfide) groups is 1. The molecule has 1 aromatic rings. The Labute approximate surface area is 101 Å². The molecule has 0 spiro atoms. The Balaban J connectivity index is 2.27. The molecule has 1 rings (SSSR count). The van der Waals surface area contributed by atoms with Crippen LogP contribution < -0.4 is 5.32 Å². The number of carbonyl (C=O) groups excluding carboxylic acids is 1. The summed E-state index contributed by atoms with van der Waals surface area (Å²) in [5.41, 5.74) is 0. The highest BCUT2D eigenvalue weighted by molar-refractivity contribution is 9.10. The van der Waals surface area contributed by atoms with E-state index in [1.807, 2.05) is 17.7 Å². The van der Waals surface area contributed by atoms with Gasteiger partial charge in [0.15, 0.2) is 0 Å². The maximum atomic E-state index is 11.3. The first-order chi connectivity index (χ1) is 6.74. The molecule has 1 heterocycles. The highest BCUT2D eigenvalue weighted by Gasteiger charge is 2.03. The minimum atomic E-state index is 0.125. The van der Waals surface area contributed by atoms with Gasteiger partial charge in [-0.05, 0) is 33.6 Å². The normalized spacial score (nSPS) is 10.1. The highest BCUT2D eigenvalue weighted by atomic mass is 79.9. The summed E-state index contributed by atoms with van der Waals surface area (Å²) < 4.78 is 1.08. The molecule has 14 heavy (non-hydrogen) atoms. The van der Waals surface area contributed by atoms with E-state index in [-0.39, 0.29) is 5.91 Å². The zero-order valence-electron chi connectivity index (χ0n) is 7.88. The summed E-state index contributed by atoms with van der Waals surface area (Å²) in [6.07, 6.45) is 2.60. The Morgan fingerprint density at radius 3 is 3.07 bits per heavy atom. The average molecular weight is 294 g/mol. The smallest absolute Gasteiger partial charge is 0.221 e. The molecule has 0 aromatic carbocycles. The van der Waals surface area contributed by atoms with E-state index in [9.17, 15) is 4.79 Å². The van der Waals surface area contributed by atoms with Gasteiger partial charge in [-0.1, -0.05) is 0 Å². The number of hydrogen-bond donors (Lipinski definition) is 1. The lowest BCUT2D eigenvalue weighted by Gasteiger charge is -2.02. The summed E-state index contributed by atoms with van der Waals surface area (Å²) in [5.74, 6) is 1.01. The van der Waals surface area contributed by atoms with E-state index in [0.29, 0.717) is 13.0 Å². The summed E-state index contributed by atoms with van der Waals surface area (Å²) in [7, 11) is 0. The second-order valence-electron chi connectivity index (χ2n) is 2.71. The van der Waals surface area contributed by atoms with E-state index < -0.39 is 0 Å². The number of nitrogens with one attached hydrogen (secondary N) is 1. The molecule has 1 amide bonds. The maximum Gasteiger partial charge on any atom is 0.221 e. The molecule has 0 saturated heterocycles. The molecule has 0 bridgehead atoms. The summed E-state index contributed by atoms with van der Waals surface area (Å²) in [6, 6.07) is 1.99. The maximum absolute atomic E-state index is 11.3. The van der Waals surface area contributed by atoms with Gasteiger partial charge < -0.3 is 5.32 Å². The average Bonchev–Trinajstić information content (AvgIpc) is 2.58. The van der Waals surface area contributed by atoms with E-state index >= 15 is 0 Å². The number of halogens is 1. The van der Waals surface area contributed by atoms with Crippen molar-refractivity contribution in [3.05, 3.63) is 20.8 Å². The largest absolute Gasteiger partial charge is 0.351 e. The first-order valence-electron chi connectivity index (χ1n) is 4.21. The fraction of sp³-hybridized carbons (Fsp3) is 0.444. The van der Waals surface area contributed by atoms with Crippen molar-refractivity contribution in [1.82, 2.24) is 5.32 Å². The Kier molecular flexibility index (Phi) is 5.59. The number of thiophene rings is 1. The van der Waals surface area contributed by atoms with Gasteiger partial charge in [0.05, 0.1) is 6.54 Å². The lowest BCUT2D eigenvalue weighted by Crippen LogP contribution is -2.22. The van der Waals surface area contributed by atoms with Crippen molar-refractivity contribution in [2.24, 2.45) is 0 Å². The number of hydrogen-bond acceptors (Lipinski definition) is 3. The van der Waals surface area contributed by atoms with Crippen molar-refractivity contribution >= 4 is 44.9 Å². The van der Waals surface area contributed by atoms with Crippen LogP contribution in [-0.2, 0) is 11.3 Å². The van der Waals surface area contributed by atoms with Crippen molar-refractivity contribution < 1.29 is 4.79 Å². The van der Waals surface area contributed by atoms with E-state index in [1.165, 1.54) is 4.88 Å². The first-order valence-corrected chi connectivity index (χ1v) is 7.28. The van der Waals surface area contributed by atoms with Crippen LogP contribution >= 0.6 is 39.0 Å². The van der Waals surface area contributed by atoms with Gasteiger partial charge in [-0.3, -0.25) is 4.79 Å². The molecule has 2 nitrogen and oxygen atoms in total. The lowest BCUT2D eigenvalue weighted by molar-refractivity contribution is -0.120. The first kappa shape index (κ1) is 12.1. The van der Waals surface area contributed by atoms with Crippen LogP contribution in [-0.4, -0.2) is 17.9 Å². The van der Waals surface area contributed by atoms with E-state index in [1.54, 1.807) is 23.1 Å². The third-order valence-electron chi connectivity index (χ3n) is 1.67. The van der Waals surface area contributed by atoms with Crippen LogP contribution in [0, 0.1) is 0 Å².